The number of likely N-dealkylation sites (N-methyl/N-ethyl adjacent to an activating group) is 1. The number of aryl methyl sites for hydroxylation is 1. The van der Waals surface area contributed by atoms with Crippen molar-refractivity contribution in [3.8, 4) is 11.8 Å². The molecule has 35 heavy (non-hydrogen) atoms. The van der Waals surface area contributed by atoms with Crippen LogP contribution >= 0.6 is 0 Å². The van der Waals surface area contributed by atoms with Crippen molar-refractivity contribution in [3.05, 3.63) is 65.5 Å². The molecule has 2 aliphatic rings. The molecule has 1 spiro atoms. The molecule has 0 atom stereocenters. The number of carbonyl (C=O) groups excluding carboxylic acids is 2. The van der Waals surface area contributed by atoms with E-state index in [1.807, 2.05) is 24.3 Å². The van der Waals surface area contributed by atoms with Crippen LogP contribution in [0.25, 0.3) is 0 Å². The number of piperidine rings is 1. The molecule has 2 fully saturated rings. The molecule has 4 rings (SSSR count). The van der Waals surface area contributed by atoms with Gasteiger partial charge in [0.25, 0.3) is 5.91 Å². The summed E-state index contributed by atoms with van der Waals surface area (Å²) in [6.07, 6.45) is 6.37. The van der Waals surface area contributed by atoms with Crippen LogP contribution in [0.1, 0.15) is 49.8 Å². The van der Waals surface area contributed by atoms with Crippen molar-refractivity contribution in [1.82, 2.24) is 19.7 Å². The number of urea groups is 1. The normalized spacial score (nSPS) is 18.2. The number of nitrogens with zero attached hydrogens (tertiary/aromatic N) is 4. The molecule has 0 unspecified atom stereocenters. The van der Waals surface area contributed by atoms with E-state index in [1.54, 1.807) is 38.2 Å². The lowest BCUT2D eigenvalue weighted by atomic mass is 9.86. The number of imide groups is 1. The summed E-state index contributed by atoms with van der Waals surface area (Å²) in [7, 11) is 1.77. The minimum absolute atomic E-state index is 0.0471. The Morgan fingerprint density at radius 2 is 1.69 bits per heavy atom. The highest BCUT2D eigenvalue weighted by Gasteiger charge is 2.56. The van der Waals surface area contributed by atoms with Crippen LogP contribution in [0, 0.1) is 11.8 Å². The van der Waals surface area contributed by atoms with Crippen molar-refractivity contribution in [3.63, 3.8) is 0 Å². The quantitative estimate of drug-likeness (QED) is 0.514. The molecule has 3 heterocycles. The molecule has 0 saturated carbocycles. The maximum atomic E-state index is 13.4. The summed E-state index contributed by atoms with van der Waals surface area (Å²) in [5, 5.41) is 9.76. The van der Waals surface area contributed by atoms with Gasteiger partial charge >= 0.3 is 6.03 Å². The van der Waals surface area contributed by atoms with Gasteiger partial charge in [0.05, 0.1) is 0 Å². The van der Waals surface area contributed by atoms with Crippen LogP contribution < -0.4 is 0 Å². The summed E-state index contributed by atoms with van der Waals surface area (Å²) in [5.74, 6) is 5.77. The van der Waals surface area contributed by atoms with Gasteiger partial charge in [0.15, 0.2) is 0 Å². The smallest absolute Gasteiger partial charge is 0.327 e. The lowest BCUT2D eigenvalue weighted by Gasteiger charge is -2.40. The first kappa shape index (κ1) is 24.9. The average Bonchev–Trinajstić information content (AvgIpc) is 3.01. The third-order valence-electron chi connectivity index (χ3n) is 6.96. The summed E-state index contributed by atoms with van der Waals surface area (Å²) in [5.41, 5.74) is 1.47. The molecule has 7 nitrogen and oxygen atoms in total. The van der Waals surface area contributed by atoms with Crippen molar-refractivity contribution in [2.24, 2.45) is 0 Å². The zero-order chi connectivity index (χ0) is 25.1. The van der Waals surface area contributed by atoms with Crippen LogP contribution in [0.15, 0.2) is 48.8 Å². The molecule has 0 aliphatic carbocycles. The van der Waals surface area contributed by atoms with Gasteiger partial charge in [-0.2, -0.15) is 0 Å². The molecule has 1 N–H and O–H groups in total. The Morgan fingerprint density at radius 3 is 2.31 bits per heavy atom. The monoisotopic (exact) mass is 474 g/mol. The van der Waals surface area contributed by atoms with Crippen molar-refractivity contribution in [1.29, 1.82) is 0 Å². The molecule has 2 aromatic rings. The number of hydrogen-bond acceptors (Lipinski definition) is 5. The van der Waals surface area contributed by atoms with Gasteiger partial charge in [0, 0.05) is 51.2 Å². The minimum atomic E-state index is -1.01. The maximum Gasteiger partial charge on any atom is 0.327 e. The first-order chi connectivity index (χ1) is 16.7. The van der Waals surface area contributed by atoms with Crippen LogP contribution in [0.4, 0.5) is 4.79 Å². The fraction of sp³-hybridized carbons (Fsp3) is 0.464. The van der Waals surface area contributed by atoms with E-state index in [9.17, 15) is 14.7 Å². The first-order valence-electron chi connectivity index (χ1n) is 12.2. The molecule has 2 saturated heterocycles. The summed E-state index contributed by atoms with van der Waals surface area (Å²) in [4.78, 5) is 35.8. The number of carbonyl (C=O) groups is 2. The molecule has 1 aromatic heterocycles. The Balaban J connectivity index is 1.32. The van der Waals surface area contributed by atoms with Gasteiger partial charge in [-0.05, 0) is 74.9 Å². The summed E-state index contributed by atoms with van der Waals surface area (Å²) < 4.78 is 0. The van der Waals surface area contributed by atoms with Gasteiger partial charge in [-0.3, -0.25) is 19.6 Å². The number of hydrogen-bond donors (Lipinski definition) is 1. The Kier molecular flexibility index (Phi) is 7.25. The summed E-state index contributed by atoms with van der Waals surface area (Å²) in [6, 6.07) is 11.8. The predicted molar refractivity (Wildman–Crippen MR) is 134 cm³/mol. The minimum Gasteiger partial charge on any atom is -0.378 e. The van der Waals surface area contributed by atoms with E-state index >= 15 is 0 Å². The van der Waals surface area contributed by atoms with Crippen molar-refractivity contribution in [2.45, 2.75) is 57.2 Å². The molecule has 3 amide bonds. The van der Waals surface area contributed by atoms with Gasteiger partial charge in [0.2, 0.25) is 0 Å². The van der Waals surface area contributed by atoms with E-state index < -0.39 is 11.1 Å². The Labute approximate surface area is 207 Å². The second-order valence-electron chi connectivity index (χ2n) is 10.1. The first-order valence-corrected chi connectivity index (χ1v) is 12.2. The number of pyridine rings is 1. The molecular formula is C28H34N4O3. The second kappa shape index (κ2) is 10.2. The zero-order valence-electron chi connectivity index (χ0n) is 20.8. The van der Waals surface area contributed by atoms with Crippen molar-refractivity contribution in [2.75, 3.05) is 26.7 Å². The van der Waals surface area contributed by atoms with Gasteiger partial charge < -0.3 is 10.0 Å². The summed E-state index contributed by atoms with van der Waals surface area (Å²) in [6.45, 7) is 6.08. The van der Waals surface area contributed by atoms with E-state index in [0.29, 0.717) is 19.4 Å². The average molecular weight is 475 g/mol. The number of amides is 3. The molecule has 7 heteroatoms. The highest BCUT2D eigenvalue weighted by atomic mass is 16.3. The van der Waals surface area contributed by atoms with Crippen LogP contribution in [0.3, 0.4) is 0 Å². The Bertz CT molecular complexity index is 1100. The SMILES string of the molecule is CN1C(=O)N(CCCc2ccncc2)C(=O)C12CCN(Cc1ccc(C#CC(C)(C)O)cc1)CC2. The van der Waals surface area contributed by atoms with E-state index in [4.69, 9.17) is 0 Å². The van der Waals surface area contributed by atoms with E-state index in [0.717, 1.165) is 43.6 Å². The van der Waals surface area contributed by atoms with Crippen molar-refractivity contribution < 1.29 is 14.7 Å². The summed E-state index contributed by atoms with van der Waals surface area (Å²) >= 11 is 0. The van der Waals surface area contributed by atoms with Crippen molar-refractivity contribution >= 4 is 11.9 Å². The topological polar surface area (TPSA) is 77.0 Å². The lowest BCUT2D eigenvalue weighted by molar-refractivity contribution is -0.135. The lowest BCUT2D eigenvalue weighted by Crippen LogP contribution is -2.55. The number of rotatable bonds is 6. The highest BCUT2D eigenvalue weighted by Crippen LogP contribution is 2.36. The molecular weight excluding hydrogens is 440 g/mol. The molecule has 0 radical (unpaired) electrons. The molecule has 2 aliphatic heterocycles. The Morgan fingerprint density at radius 1 is 1.03 bits per heavy atom. The van der Waals surface area contributed by atoms with Gasteiger partial charge in [-0.1, -0.05) is 24.0 Å². The van der Waals surface area contributed by atoms with E-state index in [1.165, 1.54) is 10.5 Å². The third-order valence-corrected chi connectivity index (χ3v) is 6.96. The van der Waals surface area contributed by atoms with Crippen LogP contribution in [-0.2, 0) is 17.8 Å². The predicted octanol–water partition coefficient (Wildman–Crippen LogP) is 3.07. The van der Waals surface area contributed by atoms with Crippen LogP contribution in [0.2, 0.25) is 0 Å². The van der Waals surface area contributed by atoms with Gasteiger partial charge in [-0.25, -0.2) is 4.79 Å². The largest absolute Gasteiger partial charge is 0.378 e. The fourth-order valence-electron chi connectivity index (χ4n) is 4.84. The number of benzene rings is 1. The van der Waals surface area contributed by atoms with Crippen LogP contribution in [-0.4, -0.2) is 74.6 Å². The van der Waals surface area contributed by atoms with Gasteiger partial charge in [0.1, 0.15) is 11.1 Å². The molecule has 1 aromatic carbocycles. The molecule has 0 bridgehead atoms. The van der Waals surface area contributed by atoms with E-state index in [2.05, 4.69) is 33.9 Å². The van der Waals surface area contributed by atoms with E-state index in [-0.39, 0.29) is 11.9 Å². The highest BCUT2D eigenvalue weighted by molar-refractivity contribution is 6.07. The second-order valence-corrected chi connectivity index (χ2v) is 10.1. The number of likely N-dealkylation sites (tertiary alicyclic amines) is 1. The number of aliphatic hydroxyl groups is 1. The molecule has 184 valence electrons. The zero-order valence-corrected chi connectivity index (χ0v) is 20.8. The Hall–Kier alpha value is -3.21. The standard InChI is InChI=1S/C28H34N4O3/c1-27(2,35)13-10-23-6-8-24(9-7-23)21-31-19-14-28(15-20-31)25(33)32(26(34)30(28)3)18-4-5-22-11-16-29-17-12-22/h6-9,11-12,16-17,35H,4-5,14-15,18-21H2,1-3H3. The number of aromatic nitrogens is 1. The fourth-order valence-corrected chi connectivity index (χ4v) is 4.84. The van der Waals surface area contributed by atoms with Crippen LogP contribution in [0.5, 0.6) is 0 Å². The maximum absolute atomic E-state index is 13.4. The van der Waals surface area contributed by atoms with Gasteiger partial charge in [-0.15, -0.1) is 0 Å². The third kappa shape index (κ3) is 5.72.